The van der Waals surface area contributed by atoms with Crippen LogP contribution in [0.5, 0.6) is 0 Å². The van der Waals surface area contributed by atoms with Crippen molar-refractivity contribution in [1.82, 2.24) is 10.2 Å². The summed E-state index contributed by atoms with van der Waals surface area (Å²) in [4.78, 5) is 6.10. The highest BCUT2D eigenvalue weighted by molar-refractivity contribution is 14.0. The van der Waals surface area contributed by atoms with Crippen molar-refractivity contribution in [2.45, 2.75) is 12.8 Å². The molecular weight excluding hydrogens is 396 g/mol. The van der Waals surface area contributed by atoms with Gasteiger partial charge in [0, 0.05) is 37.7 Å². The highest BCUT2D eigenvalue weighted by Gasteiger charge is 2.02. The molecule has 3 nitrogen and oxygen atoms in total. The quantitative estimate of drug-likeness (QED) is 0.351. The third-order valence-corrected chi connectivity index (χ3v) is 3.14. The summed E-state index contributed by atoms with van der Waals surface area (Å²) in [6.45, 7) is 0.865. The Labute approximate surface area is 142 Å². The first-order chi connectivity index (χ1) is 8.54. The molecule has 108 valence electrons. The van der Waals surface area contributed by atoms with Crippen LogP contribution in [0.15, 0.2) is 23.2 Å². The lowest BCUT2D eigenvalue weighted by Gasteiger charge is -2.16. The molecule has 0 fully saturated rings. The second-order valence-corrected chi connectivity index (χ2v) is 5.05. The Morgan fingerprint density at radius 1 is 1.32 bits per heavy atom. The maximum atomic E-state index is 6.11. The summed E-state index contributed by atoms with van der Waals surface area (Å²) in [6.07, 6.45) is 1.92. The smallest absolute Gasteiger partial charge is 0.193 e. The van der Waals surface area contributed by atoms with Crippen molar-refractivity contribution in [3.8, 4) is 0 Å². The fraction of sp³-hybridized carbons (Fsp3) is 0.462. The van der Waals surface area contributed by atoms with Crippen LogP contribution in [0.2, 0.25) is 10.0 Å². The largest absolute Gasteiger partial charge is 0.356 e. The third kappa shape index (κ3) is 6.68. The molecule has 0 amide bonds. The fourth-order valence-electron chi connectivity index (χ4n) is 1.64. The minimum atomic E-state index is 0. The third-order valence-electron chi connectivity index (χ3n) is 2.56. The standard InChI is InChI=1S/C13H19Cl2N3.HI/c1-16-13(18(2)3)17-8-4-5-10-6-7-11(14)9-12(10)15;/h6-7,9H,4-5,8H2,1-3H3,(H,16,17);1H. The van der Waals surface area contributed by atoms with E-state index in [4.69, 9.17) is 23.2 Å². The molecular formula is C13H20Cl2IN3. The molecule has 0 atom stereocenters. The number of aryl methyl sites for hydroxylation is 1. The topological polar surface area (TPSA) is 27.6 Å². The molecule has 0 aliphatic carbocycles. The van der Waals surface area contributed by atoms with Crippen LogP contribution in [0.3, 0.4) is 0 Å². The molecule has 1 N–H and O–H groups in total. The van der Waals surface area contributed by atoms with Crippen molar-refractivity contribution < 1.29 is 0 Å². The van der Waals surface area contributed by atoms with E-state index in [1.807, 2.05) is 31.1 Å². The zero-order chi connectivity index (χ0) is 13.5. The van der Waals surface area contributed by atoms with Crippen LogP contribution in [0.25, 0.3) is 0 Å². The number of guanidine groups is 1. The summed E-state index contributed by atoms with van der Waals surface area (Å²) < 4.78 is 0. The zero-order valence-corrected chi connectivity index (χ0v) is 15.3. The van der Waals surface area contributed by atoms with Gasteiger partial charge in [0.15, 0.2) is 5.96 Å². The first kappa shape index (κ1) is 18.8. The van der Waals surface area contributed by atoms with E-state index in [1.54, 1.807) is 13.1 Å². The lowest BCUT2D eigenvalue weighted by atomic mass is 10.1. The van der Waals surface area contributed by atoms with Crippen LogP contribution >= 0.6 is 47.2 Å². The molecule has 0 aliphatic rings. The van der Waals surface area contributed by atoms with Crippen LogP contribution in [0.4, 0.5) is 0 Å². The van der Waals surface area contributed by atoms with Gasteiger partial charge in [-0.15, -0.1) is 24.0 Å². The van der Waals surface area contributed by atoms with Crippen LogP contribution in [0, 0.1) is 0 Å². The predicted octanol–water partition coefficient (Wildman–Crippen LogP) is 3.68. The van der Waals surface area contributed by atoms with Crippen LogP contribution in [-0.4, -0.2) is 38.5 Å². The van der Waals surface area contributed by atoms with Crippen LogP contribution in [0.1, 0.15) is 12.0 Å². The fourth-order valence-corrected chi connectivity index (χ4v) is 2.14. The van der Waals surface area contributed by atoms with E-state index in [0.717, 1.165) is 35.9 Å². The molecule has 1 aromatic rings. The second kappa shape index (κ2) is 9.66. The minimum Gasteiger partial charge on any atom is -0.356 e. The Kier molecular flexibility index (Phi) is 9.56. The van der Waals surface area contributed by atoms with E-state index >= 15 is 0 Å². The summed E-state index contributed by atoms with van der Waals surface area (Å²) in [6, 6.07) is 5.63. The zero-order valence-electron chi connectivity index (χ0n) is 11.4. The molecule has 0 unspecified atom stereocenters. The molecule has 0 radical (unpaired) electrons. The Balaban J connectivity index is 0.00000324. The molecule has 0 spiro atoms. The van der Waals surface area contributed by atoms with Crippen molar-refractivity contribution in [1.29, 1.82) is 0 Å². The number of aliphatic imine (C=N–C) groups is 1. The maximum absolute atomic E-state index is 6.11. The van der Waals surface area contributed by atoms with E-state index in [9.17, 15) is 0 Å². The van der Waals surface area contributed by atoms with Gasteiger partial charge in [0.2, 0.25) is 0 Å². The minimum absolute atomic E-state index is 0. The van der Waals surface area contributed by atoms with Gasteiger partial charge in [-0.25, -0.2) is 0 Å². The Hall–Kier alpha value is -0.200. The first-order valence-electron chi connectivity index (χ1n) is 5.86. The molecule has 19 heavy (non-hydrogen) atoms. The van der Waals surface area contributed by atoms with Gasteiger partial charge in [0.25, 0.3) is 0 Å². The highest BCUT2D eigenvalue weighted by atomic mass is 127. The van der Waals surface area contributed by atoms with Gasteiger partial charge in [0.1, 0.15) is 0 Å². The number of hydrogen-bond donors (Lipinski definition) is 1. The molecule has 0 bridgehead atoms. The first-order valence-corrected chi connectivity index (χ1v) is 6.62. The van der Waals surface area contributed by atoms with Crippen molar-refractivity contribution in [2.75, 3.05) is 27.7 Å². The van der Waals surface area contributed by atoms with Gasteiger partial charge in [0.05, 0.1) is 0 Å². The van der Waals surface area contributed by atoms with Crippen LogP contribution < -0.4 is 5.32 Å². The van der Waals surface area contributed by atoms with Gasteiger partial charge in [-0.05, 0) is 30.5 Å². The lowest BCUT2D eigenvalue weighted by molar-refractivity contribution is 0.578. The molecule has 1 aromatic carbocycles. The normalized spacial score (nSPS) is 10.9. The number of benzene rings is 1. The van der Waals surface area contributed by atoms with Gasteiger partial charge in [-0.2, -0.15) is 0 Å². The highest BCUT2D eigenvalue weighted by Crippen LogP contribution is 2.21. The van der Waals surface area contributed by atoms with Gasteiger partial charge in [-0.3, -0.25) is 4.99 Å². The SMILES string of the molecule is CN=C(NCCCc1ccc(Cl)cc1Cl)N(C)C.I. The predicted molar refractivity (Wildman–Crippen MR) is 95.2 cm³/mol. The van der Waals surface area contributed by atoms with Gasteiger partial charge >= 0.3 is 0 Å². The monoisotopic (exact) mass is 415 g/mol. The van der Waals surface area contributed by atoms with E-state index < -0.39 is 0 Å². The van der Waals surface area contributed by atoms with Crippen molar-refractivity contribution in [2.24, 2.45) is 4.99 Å². The van der Waals surface area contributed by atoms with E-state index in [-0.39, 0.29) is 24.0 Å². The number of nitrogens with one attached hydrogen (secondary N) is 1. The lowest BCUT2D eigenvalue weighted by Crippen LogP contribution is -2.36. The number of nitrogens with zero attached hydrogens (tertiary/aromatic N) is 2. The summed E-state index contributed by atoms with van der Waals surface area (Å²) in [7, 11) is 5.70. The van der Waals surface area contributed by atoms with Crippen molar-refractivity contribution in [3.63, 3.8) is 0 Å². The molecule has 0 saturated carbocycles. The summed E-state index contributed by atoms with van der Waals surface area (Å²) >= 11 is 12.0. The van der Waals surface area contributed by atoms with Crippen LogP contribution in [-0.2, 0) is 6.42 Å². The van der Waals surface area contributed by atoms with Gasteiger partial charge in [-0.1, -0.05) is 29.3 Å². The second-order valence-electron chi connectivity index (χ2n) is 4.21. The summed E-state index contributed by atoms with van der Waals surface area (Å²) in [5.74, 6) is 0.886. The number of halogens is 3. The number of hydrogen-bond acceptors (Lipinski definition) is 1. The average molecular weight is 416 g/mol. The Morgan fingerprint density at radius 2 is 2.00 bits per heavy atom. The average Bonchev–Trinajstić information content (AvgIpc) is 2.31. The van der Waals surface area contributed by atoms with E-state index in [2.05, 4.69) is 10.3 Å². The summed E-state index contributed by atoms with van der Waals surface area (Å²) in [5.41, 5.74) is 1.13. The molecule has 6 heteroatoms. The number of rotatable bonds is 4. The van der Waals surface area contributed by atoms with Crippen molar-refractivity contribution >= 4 is 53.1 Å². The van der Waals surface area contributed by atoms with E-state index in [0.29, 0.717) is 5.02 Å². The van der Waals surface area contributed by atoms with E-state index in [1.165, 1.54) is 0 Å². The Bertz CT molecular complexity index is 422. The summed E-state index contributed by atoms with van der Waals surface area (Å²) in [5, 5.41) is 4.69. The molecule has 0 aliphatic heterocycles. The maximum Gasteiger partial charge on any atom is 0.193 e. The van der Waals surface area contributed by atoms with Crippen molar-refractivity contribution in [3.05, 3.63) is 33.8 Å². The Morgan fingerprint density at radius 3 is 2.53 bits per heavy atom. The van der Waals surface area contributed by atoms with Gasteiger partial charge < -0.3 is 10.2 Å². The molecule has 0 saturated heterocycles. The molecule has 0 heterocycles. The molecule has 1 rings (SSSR count). The molecule has 0 aromatic heterocycles.